The smallest absolute Gasteiger partial charge is 0.0132 e. The molecule has 0 fully saturated rings. The quantitative estimate of drug-likeness (QED) is 0.418. The fourth-order valence-corrected chi connectivity index (χ4v) is 1.75. The largest absolute Gasteiger partial charge is 0.315 e. The van der Waals surface area contributed by atoms with E-state index in [9.17, 15) is 0 Å². The minimum absolute atomic E-state index is 0.438. The summed E-state index contributed by atoms with van der Waals surface area (Å²) in [6.45, 7) is 14.7. The topological polar surface area (TPSA) is 24.1 Å². The molecule has 0 aliphatic carbocycles. The highest BCUT2D eigenvalue weighted by Gasteiger charge is 2.15. The Labute approximate surface area is 102 Å². The lowest BCUT2D eigenvalue weighted by atomic mass is 9.87. The number of nitrogens with one attached hydrogen (secondary N) is 2. The fourth-order valence-electron chi connectivity index (χ4n) is 1.75. The highest BCUT2D eigenvalue weighted by molar-refractivity contribution is 4.73. The number of hydrogen-bond acceptors (Lipinski definition) is 2. The molecule has 0 aliphatic rings. The van der Waals surface area contributed by atoms with Gasteiger partial charge in [-0.3, -0.25) is 0 Å². The van der Waals surface area contributed by atoms with E-state index in [0.717, 1.165) is 26.2 Å². The zero-order chi connectivity index (χ0) is 12.3. The first kappa shape index (κ1) is 15.7. The Morgan fingerprint density at radius 2 is 1.81 bits per heavy atom. The summed E-state index contributed by atoms with van der Waals surface area (Å²) in [7, 11) is 0. The lowest BCUT2D eigenvalue weighted by molar-refractivity contribution is 0.303. The predicted molar refractivity (Wildman–Crippen MR) is 73.9 cm³/mol. The van der Waals surface area contributed by atoms with Crippen LogP contribution in [0.25, 0.3) is 0 Å². The monoisotopic (exact) mass is 226 g/mol. The first-order valence-electron chi connectivity index (χ1n) is 6.64. The first-order chi connectivity index (χ1) is 7.62. The van der Waals surface area contributed by atoms with Crippen LogP contribution in [-0.2, 0) is 0 Å². The van der Waals surface area contributed by atoms with Crippen LogP contribution >= 0.6 is 0 Å². The summed E-state index contributed by atoms with van der Waals surface area (Å²) < 4.78 is 0. The maximum Gasteiger partial charge on any atom is 0.0132 e. The molecule has 0 aromatic carbocycles. The van der Waals surface area contributed by atoms with Crippen molar-refractivity contribution in [1.29, 1.82) is 0 Å². The van der Waals surface area contributed by atoms with Crippen molar-refractivity contribution < 1.29 is 0 Å². The van der Waals surface area contributed by atoms with Crippen molar-refractivity contribution in [3.05, 3.63) is 12.7 Å². The second-order valence-corrected chi connectivity index (χ2v) is 5.29. The molecule has 0 saturated heterocycles. The van der Waals surface area contributed by atoms with Gasteiger partial charge in [0.1, 0.15) is 0 Å². The van der Waals surface area contributed by atoms with Crippen molar-refractivity contribution in [2.45, 2.75) is 46.5 Å². The van der Waals surface area contributed by atoms with Crippen molar-refractivity contribution >= 4 is 0 Å². The zero-order valence-electron chi connectivity index (χ0n) is 11.4. The molecule has 2 heteroatoms. The summed E-state index contributed by atoms with van der Waals surface area (Å²) in [5, 5.41) is 6.81. The molecular weight excluding hydrogens is 196 g/mol. The Morgan fingerprint density at radius 1 is 1.12 bits per heavy atom. The summed E-state index contributed by atoms with van der Waals surface area (Å²) in [6, 6.07) is 0. The van der Waals surface area contributed by atoms with Crippen LogP contribution in [0.15, 0.2) is 12.7 Å². The third-order valence-electron chi connectivity index (χ3n) is 2.83. The number of rotatable bonds is 11. The van der Waals surface area contributed by atoms with E-state index in [1.54, 1.807) is 0 Å². The van der Waals surface area contributed by atoms with Gasteiger partial charge in [0.15, 0.2) is 0 Å². The van der Waals surface area contributed by atoms with Crippen LogP contribution in [0.5, 0.6) is 0 Å². The molecule has 0 bridgehead atoms. The Hall–Kier alpha value is -0.340. The molecule has 0 amide bonds. The minimum atomic E-state index is 0.438. The molecule has 0 heterocycles. The van der Waals surface area contributed by atoms with E-state index in [1.807, 2.05) is 6.08 Å². The molecule has 0 atom stereocenters. The molecule has 96 valence electrons. The van der Waals surface area contributed by atoms with Gasteiger partial charge in [-0.05, 0) is 11.8 Å². The second kappa shape index (κ2) is 9.86. The first-order valence-corrected chi connectivity index (χ1v) is 6.64. The normalized spacial score (nSPS) is 11.7. The maximum absolute atomic E-state index is 3.68. The Kier molecular flexibility index (Phi) is 9.65. The molecule has 0 spiro atoms. The van der Waals surface area contributed by atoms with E-state index in [2.05, 4.69) is 38.0 Å². The van der Waals surface area contributed by atoms with E-state index in [-0.39, 0.29) is 0 Å². The highest BCUT2D eigenvalue weighted by atomic mass is 14.9. The molecule has 2 nitrogen and oxygen atoms in total. The summed E-state index contributed by atoms with van der Waals surface area (Å²) >= 11 is 0. The van der Waals surface area contributed by atoms with Gasteiger partial charge in [-0.15, -0.1) is 6.58 Å². The van der Waals surface area contributed by atoms with Crippen molar-refractivity contribution in [3.63, 3.8) is 0 Å². The lowest BCUT2D eigenvalue weighted by Crippen LogP contribution is -2.34. The van der Waals surface area contributed by atoms with Crippen LogP contribution in [-0.4, -0.2) is 26.2 Å². The van der Waals surface area contributed by atoms with Gasteiger partial charge in [-0.1, -0.05) is 46.1 Å². The molecule has 0 radical (unpaired) electrons. The van der Waals surface area contributed by atoms with Gasteiger partial charge in [0.25, 0.3) is 0 Å². The van der Waals surface area contributed by atoms with E-state index in [4.69, 9.17) is 0 Å². The summed E-state index contributed by atoms with van der Waals surface area (Å²) in [6.07, 6.45) is 7.27. The average molecular weight is 226 g/mol. The van der Waals surface area contributed by atoms with Crippen LogP contribution in [0, 0.1) is 5.41 Å². The zero-order valence-corrected chi connectivity index (χ0v) is 11.4. The Bertz CT molecular complexity index is 164. The number of hydrogen-bond donors (Lipinski definition) is 2. The fraction of sp³-hybridized carbons (Fsp3) is 0.857. The van der Waals surface area contributed by atoms with E-state index < -0.39 is 0 Å². The summed E-state index contributed by atoms with van der Waals surface area (Å²) in [5.41, 5.74) is 0.438. The van der Waals surface area contributed by atoms with Crippen LogP contribution in [0.4, 0.5) is 0 Å². The third kappa shape index (κ3) is 10.2. The molecule has 0 aliphatic heterocycles. The van der Waals surface area contributed by atoms with Crippen LogP contribution < -0.4 is 10.6 Å². The van der Waals surface area contributed by atoms with Crippen LogP contribution in [0.2, 0.25) is 0 Å². The Morgan fingerprint density at radius 3 is 2.44 bits per heavy atom. The van der Waals surface area contributed by atoms with Gasteiger partial charge < -0.3 is 10.6 Å². The molecular formula is C14H30N2. The van der Waals surface area contributed by atoms with Gasteiger partial charge in [-0.2, -0.15) is 0 Å². The molecule has 16 heavy (non-hydrogen) atoms. The lowest BCUT2D eigenvalue weighted by Gasteiger charge is -2.25. The van der Waals surface area contributed by atoms with E-state index in [1.165, 1.54) is 25.7 Å². The second-order valence-electron chi connectivity index (χ2n) is 5.29. The molecule has 0 unspecified atom stereocenters. The standard InChI is InChI=1S/C14H30N2/c1-5-7-8-9-14(3,4)13-16-12-11-15-10-6-2/h6,15-16H,2,5,7-13H2,1,3-4H3. The molecule has 0 aromatic rings. The van der Waals surface area contributed by atoms with Crippen molar-refractivity contribution in [2.75, 3.05) is 26.2 Å². The average Bonchev–Trinajstić information content (AvgIpc) is 2.23. The molecule has 0 rings (SSSR count). The van der Waals surface area contributed by atoms with E-state index >= 15 is 0 Å². The summed E-state index contributed by atoms with van der Waals surface area (Å²) in [4.78, 5) is 0. The number of unbranched alkanes of at least 4 members (excludes halogenated alkanes) is 2. The van der Waals surface area contributed by atoms with Crippen molar-refractivity contribution in [3.8, 4) is 0 Å². The van der Waals surface area contributed by atoms with Gasteiger partial charge in [0.05, 0.1) is 0 Å². The molecule has 0 aromatic heterocycles. The Balaban J connectivity index is 3.38. The van der Waals surface area contributed by atoms with Crippen LogP contribution in [0.3, 0.4) is 0 Å². The highest BCUT2D eigenvalue weighted by Crippen LogP contribution is 2.22. The SMILES string of the molecule is C=CCNCCNCC(C)(C)CCCCC. The minimum Gasteiger partial charge on any atom is -0.315 e. The molecule has 0 saturated carbocycles. The maximum atomic E-state index is 3.68. The van der Waals surface area contributed by atoms with E-state index in [0.29, 0.717) is 5.41 Å². The van der Waals surface area contributed by atoms with Crippen molar-refractivity contribution in [2.24, 2.45) is 5.41 Å². The third-order valence-corrected chi connectivity index (χ3v) is 2.83. The van der Waals surface area contributed by atoms with Gasteiger partial charge in [0.2, 0.25) is 0 Å². The summed E-state index contributed by atoms with van der Waals surface area (Å²) in [5.74, 6) is 0. The van der Waals surface area contributed by atoms with Gasteiger partial charge in [0, 0.05) is 26.2 Å². The molecule has 2 N–H and O–H groups in total. The van der Waals surface area contributed by atoms with Gasteiger partial charge in [-0.25, -0.2) is 0 Å². The van der Waals surface area contributed by atoms with Crippen molar-refractivity contribution in [1.82, 2.24) is 10.6 Å². The van der Waals surface area contributed by atoms with Crippen LogP contribution in [0.1, 0.15) is 46.5 Å². The predicted octanol–water partition coefficient (Wildman–Crippen LogP) is 2.96. The van der Waals surface area contributed by atoms with Gasteiger partial charge >= 0.3 is 0 Å².